The van der Waals surface area contributed by atoms with Crippen LogP contribution in [0, 0.1) is 0 Å². The molecule has 0 saturated heterocycles. The third kappa shape index (κ3) is 3.56. The van der Waals surface area contributed by atoms with Gasteiger partial charge in [0.2, 0.25) is 0 Å². The largest absolute Gasteiger partial charge is 0.486 e. The van der Waals surface area contributed by atoms with Crippen LogP contribution in [-0.4, -0.2) is 5.21 Å². The van der Waals surface area contributed by atoms with Crippen LogP contribution in [0.25, 0.3) is 0 Å². The van der Waals surface area contributed by atoms with Crippen LogP contribution >= 0.6 is 0 Å². The second-order valence-electron chi connectivity index (χ2n) is 4.59. The first-order chi connectivity index (χ1) is 9.20. The molecule has 3 nitrogen and oxygen atoms in total. The summed E-state index contributed by atoms with van der Waals surface area (Å²) in [5.41, 5.74) is 4.39. The van der Waals surface area contributed by atoms with E-state index >= 15 is 0 Å². The summed E-state index contributed by atoms with van der Waals surface area (Å²) >= 11 is 0. The Morgan fingerprint density at radius 2 is 1.53 bits per heavy atom. The molecule has 0 fully saturated rings. The van der Waals surface area contributed by atoms with Crippen molar-refractivity contribution >= 4 is 0 Å². The fraction of sp³-hybridized carbons (Fsp3) is 0.250. The van der Waals surface area contributed by atoms with Gasteiger partial charge in [0.15, 0.2) is 0 Å². The maximum atomic E-state index is 8.87. The molecule has 3 heteroatoms. The smallest absolute Gasteiger partial charge is 0.121 e. The highest BCUT2D eigenvalue weighted by molar-refractivity contribution is 5.29. The van der Waals surface area contributed by atoms with Gasteiger partial charge in [0.05, 0.1) is 6.04 Å². The molecule has 0 aliphatic rings. The second kappa shape index (κ2) is 6.36. The molecule has 0 bridgehead atoms. The van der Waals surface area contributed by atoms with Crippen LogP contribution in [-0.2, 0) is 0 Å². The van der Waals surface area contributed by atoms with Gasteiger partial charge in [0.1, 0.15) is 11.9 Å². The molecule has 0 aromatic heterocycles. The highest BCUT2D eigenvalue weighted by atomic mass is 16.5. The van der Waals surface area contributed by atoms with Gasteiger partial charge >= 0.3 is 0 Å². The normalized spacial score (nSPS) is 13.8. The van der Waals surface area contributed by atoms with Crippen LogP contribution in [0.4, 0.5) is 0 Å². The van der Waals surface area contributed by atoms with Crippen molar-refractivity contribution in [3.8, 4) is 5.75 Å². The Kier molecular flexibility index (Phi) is 4.55. The van der Waals surface area contributed by atoms with Gasteiger partial charge in [-0.25, -0.2) is 0 Å². The molecule has 2 aromatic rings. The van der Waals surface area contributed by atoms with Crippen molar-refractivity contribution in [3.05, 3.63) is 65.7 Å². The molecule has 2 rings (SSSR count). The molecule has 0 saturated carbocycles. The number of hydroxylamine groups is 1. The minimum atomic E-state index is -0.0828. The molecule has 100 valence electrons. The zero-order valence-electron chi connectivity index (χ0n) is 11.2. The van der Waals surface area contributed by atoms with E-state index < -0.39 is 0 Å². The number of rotatable bonds is 5. The first-order valence-electron chi connectivity index (χ1n) is 6.42. The monoisotopic (exact) mass is 257 g/mol. The number of nitrogens with one attached hydrogen (secondary N) is 1. The van der Waals surface area contributed by atoms with E-state index in [0.29, 0.717) is 0 Å². The van der Waals surface area contributed by atoms with Crippen molar-refractivity contribution < 1.29 is 9.94 Å². The minimum absolute atomic E-state index is 0.0143. The minimum Gasteiger partial charge on any atom is -0.486 e. The first kappa shape index (κ1) is 13.6. The highest BCUT2D eigenvalue weighted by Crippen LogP contribution is 2.23. The highest BCUT2D eigenvalue weighted by Gasteiger charge is 2.07. The third-order valence-electron chi connectivity index (χ3n) is 3.16. The Morgan fingerprint density at radius 3 is 2.11 bits per heavy atom. The molecular weight excluding hydrogens is 238 g/mol. The molecular formula is C16H19NO2. The molecule has 0 radical (unpaired) electrons. The van der Waals surface area contributed by atoms with Gasteiger partial charge in [-0.05, 0) is 37.1 Å². The van der Waals surface area contributed by atoms with E-state index in [1.165, 1.54) is 0 Å². The van der Waals surface area contributed by atoms with Crippen LogP contribution in [0.5, 0.6) is 5.75 Å². The summed E-state index contributed by atoms with van der Waals surface area (Å²) in [4.78, 5) is 0. The summed E-state index contributed by atoms with van der Waals surface area (Å²) in [6.45, 7) is 3.92. The average molecular weight is 257 g/mol. The standard InChI is InChI=1S/C16H19NO2/c1-12(17-18)14-8-10-16(11-9-14)19-13(2)15-6-4-3-5-7-15/h3-13,17-18H,1-2H3. The Morgan fingerprint density at radius 1 is 0.895 bits per heavy atom. The maximum absolute atomic E-state index is 8.87. The summed E-state index contributed by atoms with van der Waals surface area (Å²) in [5, 5.41) is 8.87. The molecule has 0 heterocycles. The Hall–Kier alpha value is -1.84. The van der Waals surface area contributed by atoms with Crippen molar-refractivity contribution in [2.45, 2.75) is 26.0 Å². The molecule has 2 atom stereocenters. The molecule has 0 amide bonds. The quantitative estimate of drug-likeness (QED) is 0.799. The van der Waals surface area contributed by atoms with E-state index in [1.54, 1.807) is 0 Å². The summed E-state index contributed by atoms with van der Waals surface area (Å²) in [6, 6.07) is 17.8. The first-order valence-corrected chi connectivity index (χ1v) is 6.42. The fourth-order valence-corrected chi connectivity index (χ4v) is 1.91. The van der Waals surface area contributed by atoms with Gasteiger partial charge in [0, 0.05) is 0 Å². The molecule has 19 heavy (non-hydrogen) atoms. The van der Waals surface area contributed by atoms with Crippen LogP contribution in [0.3, 0.4) is 0 Å². The predicted octanol–water partition coefficient (Wildman–Crippen LogP) is 3.87. The van der Waals surface area contributed by atoms with Crippen LogP contribution in [0.2, 0.25) is 0 Å². The Bertz CT molecular complexity index is 496. The zero-order valence-corrected chi connectivity index (χ0v) is 11.2. The molecule has 0 spiro atoms. The van der Waals surface area contributed by atoms with Gasteiger partial charge in [-0.2, -0.15) is 5.48 Å². The zero-order chi connectivity index (χ0) is 13.7. The van der Waals surface area contributed by atoms with Gasteiger partial charge in [-0.3, -0.25) is 0 Å². The lowest BCUT2D eigenvalue weighted by Gasteiger charge is -2.16. The van der Waals surface area contributed by atoms with Crippen LogP contribution in [0.1, 0.15) is 37.1 Å². The van der Waals surface area contributed by atoms with Gasteiger partial charge < -0.3 is 9.94 Å². The van der Waals surface area contributed by atoms with Crippen molar-refractivity contribution in [1.29, 1.82) is 0 Å². The van der Waals surface area contributed by atoms with Gasteiger partial charge in [-0.1, -0.05) is 42.5 Å². The summed E-state index contributed by atoms with van der Waals surface area (Å²) in [7, 11) is 0. The molecule has 2 aromatic carbocycles. The molecule has 2 N–H and O–H groups in total. The lowest BCUT2D eigenvalue weighted by atomic mass is 10.1. The second-order valence-corrected chi connectivity index (χ2v) is 4.59. The Balaban J connectivity index is 2.04. The van der Waals surface area contributed by atoms with E-state index in [-0.39, 0.29) is 12.1 Å². The molecule has 2 unspecified atom stereocenters. The average Bonchev–Trinajstić information content (AvgIpc) is 2.48. The lowest BCUT2D eigenvalue weighted by Crippen LogP contribution is -2.12. The topological polar surface area (TPSA) is 41.5 Å². The number of hydrogen-bond donors (Lipinski definition) is 2. The summed E-state index contributed by atoms with van der Waals surface area (Å²) in [5.74, 6) is 0.824. The van der Waals surface area contributed by atoms with Crippen molar-refractivity contribution in [3.63, 3.8) is 0 Å². The lowest BCUT2D eigenvalue weighted by molar-refractivity contribution is 0.133. The van der Waals surface area contributed by atoms with Crippen molar-refractivity contribution in [1.82, 2.24) is 5.48 Å². The van der Waals surface area contributed by atoms with Gasteiger partial charge in [0.25, 0.3) is 0 Å². The summed E-state index contributed by atoms with van der Waals surface area (Å²) < 4.78 is 5.89. The SMILES string of the molecule is CC(NO)c1ccc(OC(C)c2ccccc2)cc1. The van der Waals surface area contributed by atoms with E-state index in [2.05, 4.69) is 17.6 Å². The molecule has 0 aliphatic heterocycles. The van der Waals surface area contributed by atoms with Crippen LogP contribution in [0.15, 0.2) is 54.6 Å². The van der Waals surface area contributed by atoms with Crippen molar-refractivity contribution in [2.75, 3.05) is 0 Å². The van der Waals surface area contributed by atoms with E-state index in [4.69, 9.17) is 9.94 Å². The maximum Gasteiger partial charge on any atom is 0.121 e. The van der Waals surface area contributed by atoms with E-state index in [0.717, 1.165) is 16.9 Å². The van der Waals surface area contributed by atoms with E-state index in [1.807, 2.05) is 56.3 Å². The predicted molar refractivity (Wildman–Crippen MR) is 75.3 cm³/mol. The van der Waals surface area contributed by atoms with E-state index in [9.17, 15) is 0 Å². The Labute approximate surface area is 113 Å². The number of hydrogen-bond acceptors (Lipinski definition) is 3. The van der Waals surface area contributed by atoms with Crippen molar-refractivity contribution in [2.24, 2.45) is 0 Å². The number of ether oxygens (including phenoxy) is 1. The fourth-order valence-electron chi connectivity index (χ4n) is 1.91. The van der Waals surface area contributed by atoms with Crippen LogP contribution < -0.4 is 10.2 Å². The molecule has 0 aliphatic carbocycles. The number of benzene rings is 2. The van der Waals surface area contributed by atoms with Gasteiger partial charge in [-0.15, -0.1) is 0 Å². The third-order valence-corrected chi connectivity index (χ3v) is 3.16. The summed E-state index contributed by atoms with van der Waals surface area (Å²) in [6.07, 6.45) is 0.0143.